The maximum Gasteiger partial charge on any atom is 0.0979 e. The molecule has 234 valence electrons. The third-order valence-corrected chi connectivity index (χ3v) is 11.2. The molecule has 10 rings (SSSR count). The van der Waals surface area contributed by atoms with Crippen LogP contribution in [-0.2, 0) is 0 Å². The Morgan fingerprint density at radius 1 is 0.380 bits per heavy atom. The van der Waals surface area contributed by atoms with Crippen LogP contribution in [0.15, 0.2) is 164 Å². The van der Waals surface area contributed by atoms with Crippen LogP contribution in [-0.4, -0.2) is 9.97 Å². The van der Waals surface area contributed by atoms with Gasteiger partial charge >= 0.3 is 0 Å². The fourth-order valence-corrected chi connectivity index (χ4v) is 8.80. The topological polar surface area (TPSA) is 25.8 Å². The van der Waals surface area contributed by atoms with Crippen LogP contribution in [0.3, 0.4) is 0 Å². The van der Waals surface area contributed by atoms with E-state index in [-0.39, 0.29) is 0 Å². The molecule has 10 aromatic rings. The number of aromatic nitrogens is 2. The lowest BCUT2D eigenvalue weighted by Crippen LogP contribution is -1.97. The molecule has 0 bridgehead atoms. The van der Waals surface area contributed by atoms with Crippen molar-refractivity contribution < 1.29 is 0 Å². The Kier molecular flexibility index (Phi) is 6.61. The van der Waals surface area contributed by atoms with Crippen molar-refractivity contribution in [3.8, 4) is 44.6 Å². The van der Waals surface area contributed by atoms with Crippen molar-refractivity contribution in [3.63, 3.8) is 0 Å². The van der Waals surface area contributed by atoms with E-state index in [1.807, 2.05) is 11.3 Å². The zero-order chi connectivity index (χ0) is 33.2. The number of nitrogens with zero attached hydrogens (tertiary/aromatic N) is 2. The highest BCUT2D eigenvalue weighted by Crippen LogP contribution is 2.41. The Hall–Kier alpha value is -6.16. The summed E-state index contributed by atoms with van der Waals surface area (Å²) >= 11 is 1.88. The van der Waals surface area contributed by atoms with Crippen LogP contribution >= 0.6 is 11.3 Å². The number of aryl methyl sites for hydroxylation is 1. The first kappa shape index (κ1) is 28.8. The molecule has 0 aliphatic rings. The molecule has 2 heterocycles. The van der Waals surface area contributed by atoms with Gasteiger partial charge < -0.3 is 0 Å². The molecule has 0 unspecified atom stereocenters. The molecule has 0 aliphatic carbocycles. The van der Waals surface area contributed by atoms with Crippen molar-refractivity contribution >= 4 is 64.1 Å². The number of rotatable bonds is 4. The molecule has 8 aromatic carbocycles. The van der Waals surface area contributed by atoms with Gasteiger partial charge in [-0.25, -0.2) is 9.97 Å². The van der Waals surface area contributed by atoms with Gasteiger partial charge in [0.15, 0.2) is 0 Å². The fraction of sp³-hybridized carbons (Fsp3) is 0.0213. The van der Waals surface area contributed by atoms with Gasteiger partial charge in [-0.2, -0.15) is 0 Å². The van der Waals surface area contributed by atoms with Gasteiger partial charge in [0.05, 0.1) is 22.4 Å². The van der Waals surface area contributed by atoms with E-state index in [2.05, 4.69) is 171 Å². The number of benzene rings is 8. The first-order valence-corrected chi connectivity index (χ1v) is 17.8. The second kappa shape index (κ2) is 11.5. The Bertz CT molecular complexity index is 2940. The number of hydrogen-bond donors (Lipinski definition) is 0. The zero-order valence-electron chi connectivity index (χ0n) is 27.4. The molecule has 3 heteroatoms. The van der Waals surface area contributed by atoms with E-state index in [1.54, 1.807) is 0 Å². The molecule has 0 N–H and O–H groups in total. The van der Waals surface area contributed by atoms with Gasteiger partial charge in [-0.1, -0.05) is 146 Å². The lowest BCUT2D eigenvalue weighted by Gasteiger charge is -2.13. The van der Waals surface area contributed by atoms with Crippen LogP contribution < -0.4 is 0 Å². The van der Waals surface area contributed by atoms with Crippen molar-refractivity contribution in [2.75, 3.05) is 0 Å². The van der Waals surface area contributed by atoms with Crippen molar-refractivity contribution in [1.29, 1.82) is 0 Å². The summed E-state index contributed by atoms with van der Waals surface area (Å²) < 4.78 is 2.67. The minimum Gasteiger partial charge on any atom is -0.249 e. The highest BCUT2D eigenvalue weighted by Gasteiger charge is 2.15. The van der Waals surface area contributed by atoms with E-state index in [9.17, 15) is 0 Å². The standard InChI is InChI=1S/C47H30N2S/c1-29-44(49-46-41-19-5-3-16-38(41)37-15-2-4-18-40(37)45(46)48-29)35-14-9-13-34(28-35)33-12-8-11-32(27-33)30-23-25-31(26-24-30)36-20-10-21-42-39-17-6-7-22-43(39)50-47(36)42/h2-28H,1H3. The van der Waals surface area contributed by atoms with Crippen LogP contribution in [0.2, 0.25) is 0 Å². The van der Waals surface area contributed by atoms with E-state index in [0.29, 0.717) is 0 Å². The average Bonchev–Trinajstić information content (AvgIpc) is 3.57. The first-order chi connectivity index (χ1) is 24.7. The van der Waals surface area contributed by atoms with Crippen molar-refractivity contribution in [3.05, 3.63) is 169 Å². The third kappa shape index (κ3) is 4.62. The van der Waals surface area contributed by atoms with Crippen LogP contribution in [0.5, 0.6) is 0 Å². The smallest absolute Gasteiger partial charge is 0.0979 e. The van der Waals surface area contributed by atoms with Crippen LogP contribution in [0.4, 0.5) is 0 Å². The second-order valence-electron chi connectivity index (χ2n) is 13.0. The Labute approximate surface area is 294 Å². The number of hydrogen-bond acceptors (Lipinski definition) is 3. The molecule has 0 spiro atoms. The van der Waals surface area contributed by atoms with E-state index in [0.717, 1.165) is 44.3 Å². The lowest BCUT2D eigenvalue weighted by atomic mass is 9.95. The molecule has 0 amide bonds. The Morgan fingerprint density at radius 3 is 1.58 bits per heavy atom. The zero-order valence-corrected chi connectivity index (χ0v) is 28.2. The summed E-state index contributed by atoms with van der Waals surface area (Å²) in [5.74, 6) is 0. The lowest BCUT2D eigenvalue weighted by molar-refractivity contribution is 1.20. The molecule has 0 aliphatic heterocycles. The molecule has 0 atom stereocenters. The summed E-state index contributed by atoms with van der Waals surface area (Å²) in [6.45, 7) is 2.07. The van der Waals surface area contributed by atoms with Gasteiger partial charge in [0.25, 0.3) is 0 Å². The van der Waals surface area contributed by atoms with Gasteiger partial charge in [0.1, 0.15) is 0 Å². The number of thiophene rings is 1. The highest BCUT2D eigenvalue weighted by molar-refractivity contribution is 7.26. The summed E-state index contributed by atoms with van der Waals surface area (Å²) in [5.41, 5.74) is 12.1. The predicted octanol–water partition coefficient (Wildman–Crippen LogP) is 13.3. The van der Waals surface area contributed by atoms with Crippen LogP contribution in [0, 0.1) is 6.92 Å². The van der Waals surface area contributed by atoms with E-state index >= 15 is 0 Å². The molecule has 0 radical (unpaired) electrons. The predicted molar refractivity (Wildman–Crippen MR) is 214 cm³/mol. The quantitative estimate of drug-likeness (QED) is 0.177. The SMILES string of the molecule is Cc1nc2c3ccccc3c3ccccc3c2nc1-c1cccc(-c2cccc(-c3ccc(-c4cccc5c4sc4ccccc45)cc3)c2)c1. The van der Waals surface area contributed by atoms with Gasteiger partial charge in [-0.05, 0) is 69.3 Å². The summed E-state index contributed by atoms with van der Waals surface area (Å²) in [6, 6.07) is 59.0. The summed E-state index contributed by atoms with van der Waals surface area (Å²) in [5, 5.41) is 7.34. The molecule has 0 saturated heterocycles. The van der Waals surface area contributed by atoms with Gasteiger partial charge in [0.2, 0.25) is 0 Å². The summed E-state index contributed by atoms with van der Waals surface area (Å²) in [4.78, 5) is 10.5. The molecular weight excluding hydrogens is 625 g/mol. The average molecular weight is 655 g/mol. The van der Waals surface area contributed by atoms with Crippen LogP contribution in [0.1, 0.15) is 5.69 Å². The Balaban J connectivity index is 1.02. The van der Waals surface area contributed by atoms with E-state index in [4.69, 9.17) is 9.97 Å². The third-order valence-electron chi connectivity index (χ3n) is 9.99. The van der Waals surface area contributed by atoms with Gasteiger partial charge in [-0.15, -0.1) is 11.3 Å². The van der Waals surface area contributed by atoms with Crippen molar-refractivity contribution in [2.45, 2.75) is 6.92 Å². The maximum absolute atomic E-state index is 5.33. The van der Waals surface area contributed by atoms with Gasteiger partial charge in [0, 0.05) is 36.5 Å². The minimum atomic E-state index is 0.917. The second-order valence-corrected chi connectivity index (χ2v) is 14.0. The normalized spacial score (nSPS) is 11.7. The van der Waals surface area contributed by atoms with Crippen LogP contribution in [0.25, 0.3) is 97.4 Å². The molecule has 2 nitrogen and oxygen atoms in total. The van der Waals surface area contributed by atoms with Crippen molar-refractivity contribution in [2.24, 2.45) is 0 Å². The number of fused-ring (bicyclic) bond motifs is 9. The fourth-order valence-electron chi connectivity index (χ4n) is 7.56. The highest BCUT2D eigenvalue weighted by atomic mass is 32.1. The minimum absolute atomic E-state index is 0.917. The first-order valence-electron chi connectivity index (χ1n) is 17.0. The maximum atomic E-state index is 5.33. The molecule has 0 fully saturated rings. The van der Waals surface area contributed by atoms with E-state index in [1.165, 1.54) is 58.8 Å². The van der Waals surface area contributed by atoms with Crippen molar-refractivity contribution in [1.82, 2.24) is 9.97 Å². The Morgan fingerprint density at radius 2 is 0.880 bits per heavy atom. The largest absolute Gasteiger partial charge is 0.249 e. The molecular formula is C47H30N2S. The van der Waals surface area contributed by atoms with Gasteiger partial charge in [-0.3, -0.25) is 0 Å². The molecule has 0 saturated carbocycles. The monoisotopic (exact) mass is 654 g/mol. The van der Waals surface area contributed by atoms with E-state index < -0.39 is 0 Å². The molecule has 2 aromatic heterocycles. The molecule has 50 heavy (non-hydrogen) atoms. The summed E-state index contributed by atoms with van der Waals surface area (Å²) in [6.07, 6.45) is 0. The summed E-state index contributed by atoms with van der Waals surface area (Å²) in [7, 11) is 0.